The molecule has 0 aliphatic heterocycles. The Labute approximate surface area is 460 Å². The van der Waals surface area contributed by atoms with Crippen molar-refractivity contribution in [2.45, 2.75) is 136 Å². The van der Waals surface area contributed by atoms with E-state index in [0.717, 1.165) is 65.7 Å². The first-order valence-corrected chi connectivity index (χ1v) is 27.2. The first-order valence-electron chi connectivity index (χ1n) is 32.7. The number of furan rings is 1. The molecule has 4 aromatic carbocycles. The fourth-order valence-electron chi connectivity index (χ4n) is 14.4. The summed E-state index contributed by atoms with van der Waals surface area (Å²) in [4.78, 5) is 19.2. The van der Waals surface area contributed by atoms with Gasteiger partial charge < -0.3 is 4.42 Å². The smallest absolute Gasteiger partial charge is 0.227 e. The standard InChI is InChI=1S/C70H72N4O/c1-47-36-55(21-23-57(47)52-28-31-67(3,4)32-29-52)61-37-64(60-17-11-16-58-59-22-18-48(2)74-66(59)75-65(58)60)73-43-56(61)30-35-70-40-51-38-68(45-70,33-26-49-19-24-62(71-41-49)53-12-7-5-8-13-53)44-69(39-51,46-70)34-27-50-20-25-63(72-42-50)54-14-9-6-10-15-54/h5-25,36-37,41-43,51-52H,26-35,38-40,44-46H2,1-4H3/i1D3,2D3,33D2,35D2,52D. The second-order valence-electron chi connectivity index (χ2n) is 23.7. The van der Waals surface area contributed by atoms with Gasteiger partial charge in [0, 0.05) is 66.8 Å². The molecule has 4 bridgehead atoms. The van der Waals surface area contributed by atoms with E-state index in [4.69, 9.17) is 27.6 Å². The van der Waals surface area contributed by atoms with Gasteiger partial charge in [0.25, 0.3) is 0 Å². The van der Waals surface area contributed by atoms with E-state index in [0.29, 0.717) is 94.8 Å². The van der Waals surface area contributed by atoms with Crippen LogP contribution in [0.1, 0.15) is 152 Å². The van der Waals surface area contributed by atoms with Crippen LogP contribution in [0.15, 0.2) is 163 Å². The van der Waals surface area contributed by atoms with Crippen LogP contribution in [-0.2, 0) is 19.3 Å². The summed E-state index contributed by atoms with van der Waals surface area (Å²) in [6.07, 6.45) is 9.83. The minimum atomic E-state index is -2.57. The zero-order chi connectivity index (χ0) is 60.3. The van der Waals surface area contributed by atoms with Gasteiger partial charge in [-0.1, -0.05) is 117 Å². The normalized spacial score (nSPS) is 26.4. The molecule has 0 saturated heterocycles. The molecule has 5 nitrogen and oxygen atoms in total. The molecule has 4 unspecified atom stereocenters. The first-order chi connectivity index (χ1) is 40.7. The molecule has 0 N–H and O–H groups in total. The van der Waals surface area contributed by atoms with Crippen molar-refractivity contribution in [2.24, 2.45) is 27.6 Å². The Kier molecular flexibility index (Phi) is 9.46. The first kappa shape index (κ1) is 37.1. The summed E-state index contributed by atoms with van der Waals surface area (Å²) in [7, 11) is 0. The van der Waals surface area contributed by atoms with Gasteiger partial charge in [-0.05, 0) is 225 Å². The monoisotopic (exact) mass is 996 g/mol. The summed E-state index contributed by atoms with van der Waals surface area (Å²) < 4.78 is 109. The van der Waals surface area contributed by atoms with Crippen molar-refractivity contribution >= 4 is 22.1 Å². The number of hydrogen-bond acceptors (Lipinski definition) is 5. The molecule has 5 fully saturated rings. The Morgan fingerprint density at radius 1 is 0.587 bits per heavy atom. The van der Waals surface area contributed by atoms with Gasteiger partial charge in [0.2, 0.25) is 5.71 Å². The van der Waals surface area contributed by atoms with Gasteiger partial charge in [0.1, 0.15) is 5.58 Å². The predicted octanol–water partition coefficient (Wildman–Crippen LogP) is 18.3. The highest BCUT2D eigenvalue weighted by Crippen LogP contribution is 2.73. The third-order valence-electron chi connectivity index (χ3n) is 17.8. The van der Waals surface area contributed by atoms with E-state index in [1.807, 2.05) is 109 Å². The molecule has 5 aliphatic carbocycles. The van der Waals surface area contributed by atoms with Crippen molar-refractivity contribution in [3.63, 3.8) is 0 Å². The minimum absolute atomic E-state index is 0.0421. The quantitative estimate of drug-likeness (QED) is 0.109. The highest BCUT2D eigenvalue weighted by molar-refractivity contribution is 6.08. The highest BCUT2D eigenvalue weighted by Gasteiger charge is 2.62. The largest absolute Gasteiger partial charge is 0.437 e. The number of aryl methyl sites for hydroxylation is 5. The Morgan fingerprint density at radius 2 is 1.25 bits per heavy atom. The summed E-state index contributed by atoms with van der Waals surface area (Å²) in [5.74, 6) is -1.02. The second kappa shape index (κ2) is 19.1. The van der Waals surface area contributed by atoms with Gasteiger partial charge in [-0.25, -0.2) is 4.98 Å². The molecular formula is C70H72N4O. The lowest BCUT2D eigenvalue weighted by Gasteiger charge is -2.67. The Balaban J connectivity index is 0.909. The summed E-state index contributed by atoms with van der Waals surface area (Å²) >= 11 is 0. The number of rotatable bonds is 14. The summed E-state index contributed by atoms with van der Waals surface area (Å²) in [6.45, 7) is -0.623. The lowest BCUT2D eigenvalue weighted by molar-refractivity contribution is -0.166. The van der Waals surface area contributed by atoms with Crippen LogP contribution in [0.2, 0.25) is 0 Å². The second-order valence-corrected chi connectivity index (χ2v) is 23.7. The van der Waals surface area contributed by atoms with Gasteiger partial charge in [0.05, 0.1) is 17.1 Å². The number of hydrogen-bond donors (Lipinski definition) is 0. The van der Waals surface area contributed by atoms with Gasteiger partial charge in [0.15, 0.2) is 0 Å². The van der Waals surface area contributed by atoms with Crippen LogP contribution < -0.4 is 0 Å². The summed E-state index contributed by atoms with van der Waals surface area (Å²) in [6, 6.07) is 44.4. The molecule has 5 aliphatic rings. The number of nitrogens with zero attached hydrogens (tertiary/aromatic N) is 4. The Hall–Kier alpha value is -6.72. The summed E-state index contributed by atoms with van der Waals surface area (Å²) in [5.41, 5.74) is 7.45. The average molecular weight is 996 g/mol. The SMILES string of the molecule is [2H]C([2H])([2H])c1ccc2c(n1)oc1c(-c3cc(-c4ccc(C5([2H])CCC(C)(C)CC5)c(C([2H])([2H])[2H])c4)c(CC([2H])([2H])C45CC6CC(CCc7ccc(-c8ccccc8)nc7)(CC(C([2H])([2H])Cc7ccc(-c8ccccc8)nc7)(C6)C4)C5)cn3)cccc12. The zero-order valence-corrected chi connectivity index (χ0v) is 43.2. The van der Waals surface area contributed by atoms with Crippen LogP contribution in [0.25, 0.3) is 67.0 Å². The molecule has 5 heterocycles. The average Bonchev–Trinajstić information content (AvgIpc) is 0.786. The number of fused-ring (bicyclic) bond motifs is 3. The number of para-hydroxylation sites is 1. The van der Waals surface area contributed by atoms with Crippen molar-refractivity contribution in [1.82, 2.24) is 19.9 Å². The van der Waals surface area contributed by atoms with E-state index in [1.165, 1.54) is 6.07 Å². The topological polar surface area (TPSA) is 64.7 Å². The maximum atomic E-state index is 10.7. The molecular weight excluding hydrogens is 913 g/mol. The molecule has 5 saturated carbocycles. The Morgan fingerprint density at radius 3 is 1.93 bits per heavy atom. The van der Waals surface area contributed by atoms with Crippen molar-refractivity contribution < 1.29 is 19.5 Å². The summed E-state index contributed by atoms with van der Waals surface area (Å²) in [5, 5.41) is 1.35. The molecule has 0 radical (unpaired) electrons. The van der Waals surface area contributed by atoms with E-state index < -0.39 is 43.2 Å². The van der Waals surface area contributed by atoms with Gasteiger partial charge in [-0.3, -0.25) is 15.0 Å². The highest BCUT2D eigenvalue weighted by atomic mass is 16.3. The van der Waals surface area contributed by atoms with Crippen LogP contribution in [0.3, 0.4) is 0 Å². The number of aromatic nitrogens is 4. The van der Waals surface area contributed by atoms with Crippen LogP contribution in [0.5, 0.6) is 0 Å². The lowest BCUT2D eigenvalue weighted by atomic mass is 9.37. The number of pyridine rings is 4. The van der Waals surface area contributed by atoms with Crippen molar-refractivity contribution in [1.29, 1.82) is 0 Å². The molecule has 4 atom stereocenters. The van der Waals surface area contributed by atoms with E-state index in [9.17, 15) is 6.85 Å². The van der Waals surface area contributed by atoms with Gasteiger partial charge >= 0.3 is 0 Å². The molecule has 75 heavy (non-hydrogen) atoms. The minimum Gasteiger partial charge on any atom is -0.437 e. The number of benzene rings is 4. The molecule has 5 aromatic heterocycles. The van der Waals surface area contributed by atoms with Gasteiger partial charge in [-0.15, -0.1) is 0 Å². The fourth-order valence-corrected chi connectivity index (χ4v) is 14.4. The molecule has 0 spiro atoms. The van der Waals surface area contributed by atoms with Crippen LogP contribution in [0.4, 0.5) is 0 Å². The molecule has 9 aromatic rings. The van der Waals surface area contributed by atoms with Crippen molar-refractivity contribution in [3.05, 3.63) is 192 Å². The molecule has 5 heteroatoms. The molecule has 0 amide bonds. The van der Waals surface area contributed by atoms with E-state index in [-0.39, 0.29) is 46.6 Å². The van der Waals surface area contributed by atoms with E-state index in [1.54, 1.807) is 18.3 Å². The third kappa shape index (κ3) is 9.55. The predicted molar refractivity (Wildman–Crippen MR) is 307 cm³/mol. The maximum Gasteiger partial charge on any atom is 0.227 e. The molecule has 378 valence electrons. The Bertz CT molecular complexity index is 4000. The van der Waals surface area contributed by atoms with E-state index >= 15 is 0 Å². The van der Waals surface area contributed by atoms with Crippen LogP contribution >= 0.6 is 0 Å². The van der Waals surface area contributed by atoms with Crippen molar-refractivity contribution in [3.8, 4) is 44.9 Å². The van der Waals surface area contributed by atoms with Gasteiger partial charge in [-0.2, -0.15) is 0 Å². The van der Waals surface area contributed by atoms with Crippen LogP contribution in [0, 0.1) is 41.3 Å². The molecule has 14 rings (SSSR count). The zero-order valence-electron chi connectivity index (χ0n) is 54.2. The van der Waals surface area contributed by atoms with Crippen molar-refractivity contribution in [2.75, 3.05) is 0 Å². The lowest BCUT2D eigenvalue weighted by Crippen LogP contribution is -2.57. The fraction of sp³-hybridized carbons (Fsp3) is 0.371. The third-order valence-corrected chi connectivity index (χ3v) is 17.8. The van der Waals surface area contributed by atoms with E-state index in [2.05, 4.69) is 43.1 Å². The van der Waals surface area contributed by atoms with Crippen LogP contribution in [-0.4, -0.2) is 19.9 Å². The maximum absolute atomic E-state index is 10.7.